The number of hydrogen-bond donors (Lipinski definition) is 1. The number of hydrogen-bond acceptors (Lipinski definition) is 7. The van der Waals surface area contributed by atoms with E-state index in [1.807, 2.05) is 0 Å². The Morgan fingerprint density at radius 3 is 2.53 bits per heavy atom. The third-order valence-electron chi connectivity index (χ3n) is 2.10. The summed E-state index contributed by atoms with van der Waals surface area (Å²) >= 11 is 0. The highest BCUT2D eigenvalue weighted by atomic mass is 32.2. The molecule has 0 aliphatic heterocycles. The molecule has 1 aromatic rings. The van der Waals surface area contributed by atoms with E-state index < -0.39 is 26.5 Å². The highest BCUT2D eigenvalue weighted by Crippen LogP contribution is 2.08. The largest absolute Gasteiger partial charge is 0.461 e. The van der Waals surface area contributed by atoms with Gasteiger partial charge in [-0.15, -0.1) is 0 Å². The number of H-pyrrole nitrogens is 1. The fourth-order valence-corrected chi connectivity index (χ4v) is 1.83. The van der Waals surface area contributed by atoms with Crippen LogP contribution in [0.2, 0.25) is 0 Å². The van der Waals surface area contributed by atoms with Gasteiger partial charge in [-0.2, -0.15) is 0 Å². The molecule has 1 heterocycles. The summed E-state index contributed by atoms with van der Waals surface area (Å²) < 4.78 is 32.3. The zero-order valence-electron chi connectivity index (χ0n) is 10.7. The SMILES string of the molecule is CCOC(=O)c1nc(S(C)(=O)=O)[nH]c(=O)c1COC. The van der Waals surface area contributed by atoms with Gasteiger partial charge in [-0.1, -0.05) is 0 Å². The number of ether oxygens (including phenoxy) is 2. The average molecular weight is 290 g/mol. The topological polar surface area (TPSA) is 115 Å². The zero-order valence-corrected chi connectivity index (χ0v) is 11.5. The van der Waals surface area contributed by atoms with E-state index in [0.29, 0.717) is 0 Å². The van der Waals surface area contributed by atoms with Crippen LogP contribution in [-0.2, 0) is 25.9 Å². The second-order valence-corrected chi connectivity index (χ2v) is 5.55. The first-order valence-corrected chi connectivity index (χ1v) is 7.19. The first kappa shape index (κ1) is 15.3. The summed E-state index contributed by atoms with van der Waals surface area (Å²) in [6.07, 6.45) is 0.871. The van der Waals surface area contributed by atoms with E-state index in [2.05, 4.69) is 9.97 Å². The molecule has 106 valence electrons. The van der Waals surface area contributed by atoms with Crippen molar-refractivity contribution in [1.82, 2.24) is 9.97 Å². The van der Waals surface area contributed by atoms with Crippen LogP contribution in [0.15, 0.2) is 9.95 Å². The predicted molar refractivity (Wildman–Crippen MR) is 64.6 cm³/mol. The Morgan fingerprint density at radius 2 is 2.05 bits per heavy atom. The molecule has 0 saturated heterocycles. The predicted octanol–water partition coefficient (Wildman–Crippen LogP) is -0.503. The summed E-state index contributed by atoms with van der Waals surface area (Å²) in [6, 6.07) is 0. The van der Waals surface area contributed by atoms with E-state index in [4.69, 9.17) is 9.47 Å². The van der Waals surface area contributed by atoms with Crippen molar-refractivity contribution in [1.29, 1.82) is 0 Å². The molecule has 0 spiro atoms. The van der Waals surface area contributed by atoms with Crippen molar-refractivity contribution < 1.29 is 22.7 Å². The molecule has 0 bridgehead atoms. The summed E-state index contributed by atoms with van der Waals surface area (Å²) in [6.45, 7) is 1.48. The van der Waals surface area contributed by atoms with Gasteiger partial charge in [0, 0.05) is 13.4 Å². The number of nitrogens with one attached hydrogen (secondary N) is 1. The highest BCUT2D eigenvalue weighted by Gasteiger charge is 2.22. The van der Waals surface area contributed by atoms with E-state index in [1.54, 1.807) is 6.92 Å². The number of nitrogens with zero attached hydrogens (tertiary/aromatic N) is 1. The van der Waals surface area contributed by atoms with Gasteiger partial charge in [0.15, 0.2) is 5.69 Å². The summed E-state index contributed by atoms with van der Waals surface area (Å²) in [5.41, 5.74) is -1.18. The second kappa shape index (κ2) is 5.93. The average Bonchev–Trinajstić information content (AvgIpc) is 2.30. The zero-order chi connectivity index (χ0) is 14.6. The quantitative estimate of drug-likeness (QED) is 0.574. The first-order chi connectivity index (χ1) is 8.81. The van der Waals surface area contributed by atoms with Gasteiger partial charge >= 0.3 is 5.97 Å². The van der Waals surface area contributed by atoms with Gasteiger partial charge in [0.1, 0.15) is 0 Å². The third kappa shape index (κ3) is 3.61. The lowest BCUT2D eigenvalue weighted by molar-refractivity contribution is 0.0512. The van der Waals surface area contributed by atoms with Crippen molar-refractivity contribution in [3.05, 3.63) is 21.6 Å². The number of aromatic amines is 1. The molecule has 1 rings (SSSR count). The molecule has 0 aliphatic rings. The lowest BCUT2D eigenvalue weighted by atomic mass is 10.2. The standard InChI is InChI=1S/C10H14N2O6S/c1-4-18-9(14)7-6(5-17-2)8(13)12-10(11-7)19(3,15)16/h4-5H2,1-3H3,(H,11,12,13). The molecular weight excluding hydrogens is 276 g/mol. The van der Waals surface area contributed by atoms with Crippen LogP contribution < -0.4 is 5.56 Å². The number of carbonyl (C=O) groups is 1. The minimum Gasteiger partial charge on any atom is -0.461 e. The molecule has 0 unspecified atom stereocenters. The van der Waals surface area contributed by atoms with Crippen LogP contribution in [0.4, 0.5) is 0 Å². The Morgan fingerprint density at radius 1 is 1.42 bits per heavy atom. The number of sulfone groups is 1. The van der Waals surface area contributed by atoms with Crippen LogP contribution >= 0.6 is 0 Å². The van der Waals surface area contributed by atoms with Crippen molar-refractivity contribution in [2.75, 3.05) is 20.0 Å². The Hall–Kier alpha value is -1.74. The molecule has 9 heteroatoms. The molecular formula is C10H14N2O6S. The summed E-state index contributed by atoms with van der Waals surface area (Å²) in [4.78, 5) is 29.2. The number of carbonyl (C=O) groups excluding carboxylic acids is 1. The molecule has 19 heavy (non-hydrogen) atoms. The van der Waals surface area contributed by atoms with Crippen LogP contribution in [0.25, 0.3) is 0 Å². The molecule has 0 radical (unpaired) electrons. The Kier molecular flexibility index (Phi) is 4.78. The summed E-state index contributed by atoms with van der Waals surface area (Å²) in [5.74, 6) is -0.870. The lowest BCUT2D eigenvalue weighted by Gasteiger charge is -2.08. The maximum absolute atomic E-state index is 11.8. The van der Waals surface area contributed by atoms with Crippen LogP contribution in [0, 0.1) is 0 Å². The van der Waals surface area contributed by atoms with Gasteiger partial charge in [0.25, 0.3) is 5.56 Å². The third-order valence-corrected chi connectivity index (χ3v) is 3.00. The van der Waals surface area contributed by atoms with Crippen molar-refractivity contribution >= 4 is 15.8 Å². The van der Waals surface area contributed by atoms with E-state index >= 15 is 0 Å². The van der Waals surface area contributed by atoms with Crippen molar-refractivity contribution in [3.8, 4) is 0 Å². The maximum Gasteiger partial charge on any atom is 0.357 e. The fourth-order valence-electron chi connectivity index (χ4n) is 1.30. The number of aromatic nitrogens is 2. The molecule has 1 N–H and O–H groups in total. The van der Waals surface area contributed by atoms with Gasteiger partial charge in [0.2, 0.25) is 15.0 Å². The van der Waals surface area contributed by atoms with Crippen LogP contribution in [0.1, 0.15) is 23.0 Å². The van der Waals surface area contributed by atoms with E-state index in [-0.39, 0.29) is 24.5 Å². The summed E-state index contributed by atoms with van der Waals surface area (Å²) in [7, 11) is -2.41. The minimum atomic E-state index is -3.74. The first-order valence-electron chi connectivity index (χ1n) is 5.30. The second-order valence-electron chi connectivity index (χ2n) is 3.62. The van der Waals surface area contributed by atoms with Crippen molar-refractivity contribution in [2.45, 2.75) is 18.7 Å². The number of rotatable bonds is 5. The summed E-state index contributed by atoms with van der Waals surface area (Å²) in [5, 5.41) is -0.583. The fraction of sp³-hybridized carbons (Fsp3) is 0.500. The molecule has 1 aromatic heterocycles. The number of methoxy groups -OCH3 is 1. The van der Waals surface area contributed by atoms with Gasteiger partial charge in [-0.3, -0.25) is 9.78 Å². The number of esters is 1. The molecule has 0 aliphatic carbocycles. The Balaban J connectivity index is 3.50. The van der Waals surface area contributed by atoms with E-state index in [0.717, 1.165) is 6.26 Å². The van der Waals surface area contributed by atoms with E-state index in [9.17, 15) is 18.0 Å². The van der Waals surface area contributed by atoms with Crippen molar-refractivity contribution in [3.63, 3.8) is 0 Å². The van der Waals surface area contributed by atoms with Crippen LogP contribution in [0.5, 0.6) is 0 Å². The van der Waals surface area contributed by atoms with Gasteiger partial charge in [-0.25, -0.2) is 18.2 Å². The van der Waals surface area contributed by atoms with Crippen LogP contribution in [-0.4, -0.2) is 44.3 Å². The molecule has 0 saturated carbocycles. The van der Waals surface area contributed by atoms with Crippen LogP contribution in [0.3, 0.4) is 0 Å². The normalized spacial score (nSPS) is 11.3. The van der Waals surface area contributed by atoms with E-state index in [1.165, 1.54) is 7.11 Å². The lowest BCUT2D eigenvalue weighted by Crippen LogP contribution is -2.25. The molecule has 0 atom stereocenters. The maximum atomic E-state index is 11.8. The van der Waals surface area contributed by atoms with Crippen molar-refractivity contribution in [2.24, 2.45) is 0 Å². The molecule has 0 fully saturated rings. The Labute approximate surface area is 109 Å². The molecule has 8 nitrogen and oxygen atoms in total. The van der Waals surface area contributed by atoms with Gasteiger partial charge in [-0.05, 0) is 6.92 Å². The van der Waals surface area contributed by atoms with Gasteiger partial charge in [0.05, 0.1) is 18.8 Å². The smallest absolute Gasteiger partial charge is 0.357 e. The minimum absolute atomic E-state index is 0.0756. The van der Waals surface area contributed by atoms with Gasteiger partial charge < -0.3 is 9.47 Å². The molecule has 0 amide bonds. The molecule has 0 aromatic carbocycles. The monoisotopic (exact) mass is 290 g/mol. The Bertz CT molecular complexity index is 634. The highest BCUT2D eigenvalue weighted by molar-refractivity contribution is 7.90.